The Kier molecular flexibility index (Phi) is 4.99. The molecule has 0 N–H and O–H groups in total. The minimum Gasteiger partial charge on any atom is -0.342 e. The van der Waals surface area contributed by atoms with Gasteiger partial charge in [-0.3, -0.25) is 4.79 Å². The Bertz CT molecular complexity index is 283. The molecule has 2 nitrogen and oxygen atoms in total. The Morgan fingerprint density at radius 2 is 2.17 bits per heavy atom. The van der Waals surface area contributed by atoms with E-state index in [1.54, 1.807) is 0 Å². The van der Waals surface area contributed by atoms with Gasteiger partial charge in [0, 0.05) is 19.5 Å². The Hall–Kier alpha value is -0.180. The highest BCUT2D eigenvalue weighted by molar-refractivity contribution is 7.80. The average Bonchev–Trinajstić information content (AvgIpc) is 2.49. The predicted molar refractivity (Wildman–Crippen MR) is 79.0 cm³/mol. The van der Waals surface area contributed by atoms with Crippen molar-refractivity contribution in [2.75, 3.05) is 18.8 Å². The number of amides is 1. The van der Waals surface area contributed by atoms with Crippen molar-refractivity contribution in [2.45, 2.75) is 58.3 Å². The van der Waals surface area contributed by atoms with Gasteiger partial charge >= 0.3 is 0 Å². The molecule has 0 spiro atoms. The first-order chi connectivity index (χ1) is 8.69. The van der Waals surface area contributed by atoms with E-state index in [1.807, 2.05) is 0 Å². The molecular weight excluding hydrogens is 242 g/mol. The lowest BCUT2D eigenvalue weighted by Crippen LogP contribution is -2.46. The normalized spacial score (nSPS) is 27.8. The summed E-state index contributed by atoms with van der Waals surface area (Å²) in [5.74, 6) is 2.11. The molecule has 0 aromatic heterocycles. The molecule has 1 atom stereocenters. The van der Waals surface area contributed by atoms with E-state index >= 15 is 0 Å². The van der Waals surface area contributed by atoms with Crippen molar-refractivity contribution in [3.05, 3.63) is 0 Å². The van der Waals surface area contributed by atoms with Crippen LogP contribution in [0.1, 0.15) is 58.3 Å². The monoisotopic (exact) mass is 269 g/mol. The number of hydrogen-bond acceptors (Lipinski definition) is 2. The van der Waals surface area contributed by atoms with Crippen LogP contribution >= 0.6 is 12.6 Å². The van der Waals surface area contributed by atoms with E-state index in [0.717, 1.165) is 37.6 Å². The summed E-state index contributed by atoms with van der Waals surface area (Å²) in [5, 5.41) is 0. The number of hydrogen-bond donors (Lipinski definition) is 1. The Labute approximate surface area is 117 Å². The maximum absolute atomic E-state index is 12.2. The molecule has 2 rings (SSSR count). The van der Waals surface area contributed by atoms with E-state index in [2.05, 4.69) is 24.5 Å². The lowest BCUT2D eigenvalue weighted by atomic mass is 9.70. The summed E-state index contributed by atoms with van der Waals surface area (Å²) in [6.07, 6.45) is 9.48. The summed E-state index contributed by atoms with van der Waals surface area (Å²) >= 11 is 4.50. The number of nitrogens with zero attached hydrogens (tertiary/aromatic N) is 1. The molecule has 0 aromatic rings. The summed E-state index contributed by atoms with van der Waals surface area (Å²) in [6, 6.07) is 0. The molecule has 1 saturated heterocycles. The number of carbonyl (C=O) groups excluding carboxylic acids is 1. The van der Waals surface area contributed by atoms with Crippen LogP contribution in [0.4, 0.5) is 0 Å². The van der Waals surface area contributed by atoms with Gasteiger partial charge in [0.2, 0.25) is 5.91 Å². The lowest BCUT2D eigenvalue weighted by Gasteiger charge is -2.44. The van der Waals surface area contributed by atoms with Crippen molar-refractivity contribution in [3.8, 4) is 0 Å². The van der Waals surface area contributed by atoms with Crippen LogP contribution in [0.25, 0.3) is 0 Å². The number of rotatable bonds is 5. The fraction of sp³-hybridized carbons (Fsp3) is 0.933. The molecule has 1 aliphatic carbocycles. The van der Waals surface area contributed by atoms with Crippen molar-refractivity contribution in [1.82, 2.24) is 4.90 Å². The smallest absolute Gasteiger partial charge is 0.222 e. The van der Waals surface area contributed by atoms with E-state index in [4.69, 9.17) is 0 Å². The molecule has 1 amide bonds. The van der Waals surface area contributed by atoms with Crippen molar-refractivity contribution in [1.29, 1.82) is 0 Å². The Balaban J connectivity index is 1.89. The van der Waals surface area contributed by atoms with Gasteiger partial charge in [-0.25, -0.2) is 0 Å². The highest BCUT2D eigenvalue weighted by Gasteiger charge is 2.38. The number of thiol groups is 1. The SMILES string of the molecule is CCCC1CCC(=O)N(CC2(CS)CCC2)CC1. The second-order valence-corrected chi connectivity index (χ2v) is 6.63. The fourth-order valence-corrected chi connectivity index (χ4v) is 3.82. The van der Waals surface area contributed by atoms with Gasteiger partial charge in [-0.05, 0) is 42.8 Å². The summed E-state index contributed by atoms with van der Waals surface area (Å²) < 4.78 is 0. The van der Waals surface area contributed by atoms with E-state index in [1.165, 1.54) is 38.5 Å². The van der Waals surface area contributed by atoms with Gasteiger partial charge in [0.15, 0.2) is 0 Å². The van der Waals surface area contributed by atoms with Crippen LogP contribution in [-0.4, -0.2) is 29.6 Å². The van der Waals surface area contributed by atoms with Crippen LogP contribution in [0, 0.1) is 11.3 Å². The summed E-state index contributed by atoms with van der Waals surface area (Å²) in [7, 11) is 0. The quantitative estimate of drug-likeness (QED) is 0.757. The molecule has 1 saturated carbocycles. The second kappa shape index (κ2) is 6.31. The zero-order chi connectivity index (χ0) is 13.0. The molecule has 104 valence electrons. The molecule has 1 unspecified atom stereocenters. The van der Waals surface area contributed by atoms with E-state index in [9.17, 15) is 4.79 Å². The lowest BCUT2D eigenvalue weighted by molar-refractivity contribution is -0.133. The van der Waals surface area contributed by atoms with Crippen LogP contribution < -0.4 is 0 Å². The first-order valence-electron chi connectivity index (χ1n) is 7.58. The van der Waals surface area contributed by atoms with Crippen LogP contribution in [0.15, 0.2) is 0 Å². The number of carbonyl (C=O) groups is 1. The zero-order valence-corrected chi connectivity index (χ0v) is 12.6. The standard InChI is InChI=1S/C15H27NOS/c1-2-4-13-5-6-14(17)16(10-7-13)11-15(12-18)8-3-9-15/h13,18H,2-12H2,1H3. The van der Waals surface area contributed by atoms with Crippen LogP contribution in [0.2, 0.25) is 0 Å². The Morgan fingerprint density at radius 1 is 1.39 bits per heavy atom. The highest BCUT2D eigenvalue weighted by atomic mass is 32.1. The maximum atomic E-state index is 12.2. The molecule has 1 heterocycles. The molecule has 0 radical (unpaired) electrons. The van der Waals surface area contributed by atoms with Gasteiger partial charge in [0.25, 0.3) is 0 Å². The van der Waals surface area contributed by atoms with Gasteiger partial charge in [-0.1, -0.05) is 26.2 Å². The molecule has 18 heavy (non-hydrogen) atoms. The van der Waals surface area contributed by atoms with Crippen LogP contribution in [0.3, 0.4) is 0 Å². The molecule has 2 fully saturated rings. The number of likely N-dealkylation sites (tertiary alicyclic amines) is 1. The van der Waals surface area contributed by atoms with Gasteiger partial charge in [0.05, 0.1) is 0 Å². The van der Waals surface area contributed by atoms with Crippen molar-refractivity contribution in [3.63, 3.8) is 0 Å². The van der Waals surface area contributed by atoms with E-state index < -0.39 is 0 Å². The fourth-order valence-electron chi connectivity index (χ4n) is 3.41. The molecular formula is C15H27NOS. The molecule has 1 aliphatic heterocycles. The van der Waals surface area contributed by atoms with E-state index in [0.29, 0.717) is 11.3 Å². The van der Waals surface area contributed by atoms with Crippen LogP contribution in [-0.2, 0) is 4.79 Å². The largest absolute Gasteiger partial charge is 0.342 e. The second-order valence-electron chi connectivity index (χ2n) is 6.31. The first kappa shape index (κ1) is 14.2. The van der Waals surface area contributed by atoms with Gasteiger partial charge < -0.3 is 4.90 Å². The summed E-state index contributed by atoms with van der Waals surface area (Å²) in [6.45, 7) is 4.20. The van der Waals surface area contributed by atoms with Crippen molar-refractivity contribution < 1.29 is 4.79 Å². The third-order valence-electron chi connectivity index (χ3n) is 4.90. The van der Waals surface area contributed by atoms with Crippen LogP contribution in [0.5, 0.6) is 0 Å². The topological polar surface area (TPSA) is 20.3 Å². The molecule has 0 bridgehead atoms. The summed E-state index contributed by atoms with van der Waals surface area (Å²) in [5.41, 5.74) is 0.351. The average molecular weight is 269 g/mol. The van der Waals surface area contributed by atoms with Crippen molar-refractivity contribution >= 4 is 18.5 Å². The molecule has 3 heteroatoms. The minimum atomic E-state index is 0.351. The van der Waals surface area contributed by atoms with Gasteiger partial charge in [-0.2, -0.15) is 12.6 Å². The predicted octanol–water partition coefficient (Wildman–Crippen LogP) is 3.52. The zero-order valence-electron chi connectivity index (χ0n) is 11.7. The van der Waals surface area contributed by atoms with Gasteiger partial charge in [-0.15, -0.1) is 0 Å². The van der Waals surface area contributed by atoms with E-state index in [-0.39, 0.29) is 0 Å². The first-order valence-corrected chi connectivity index (χ1v) is 8.21. The third-order valence-corrected chi connectivity index (χ3v) is 5.57. The summed E-state index contributed by atoms with van der Waals surface area (Å²) in [4.78, 5) is 14.3. The van der Waals surface area contributed by atoms with Crippen molar-refractivity contribution in [2.24, 2.45) is 11.3 Å². The Morgan fingerprint density at radius 3 is 2.72 bits per heavy atom. The minimum absolute atomic E-state index is 0.351. The highest BCUT2D eigenvalue weighted by Crippen LogP contribution is 2.43. The molecule has 2 aliphatic rings. The van der Waals surface area contributed by atoms with Gasteiger partial charge in [0.1, 0.15) is 0 Å². The third kappa shape index (κ3) is 3.23. The maximum Gasteiger partial charge on any atom is 0.222 e. The molecule has 0 aromatic carbocycles.